The fraction of sp³-hybridized carbons (Fsp3) is 0.400. The number of nitrogens with zero attached hydrogens (tertiary/aromatic N) is 1. The van der Waals surface area contributed by atoms with E-state index in [2.05, 4.69) is 10.3 Å². The Balaban J connectivity index is 2.56. The lowest BCUT2D eigenvalue weighted by Gasteiger charge is -2.11. The van der Waals surface area contributed by atoms with Gasteiger partial charge in [-0.1, -0.05) is 0 Å². The van der Waals surface area contributed by atoms with Gasteiger partial charge in [0.05, 0.1) is 23.5 Å². The van der Waals surface area contributed by atoms with Crippen LogP contribution >= 0.6 is 11.3 Å². The fourth-order valence-electron chi connectivity index (χ4n) is 1.27. The number of carbonyl (C=O) groups excluding carboxylic acids is 1. The van der Waals surface area contributed by atoms with E-state index in [1.54, 1.807) is 12.3 Å². The Hall–Kier alpha value is -1.96. The van der Waals surface area contributed by atoms with Crippen LogP contribution in [0.2, 0.25) is 0 Å². The van der Waals surface area contributed by atoms with Gasteiger partial charge >= 0.3 is 11.9 Å². The standard InChI is InChI=1S/C10H12N2O5S/c1-5-11-6(4-18-5)2-8(13)12-7(10(16)17)3-9(14)15/h4,7H,2-3H2,1H3,(H,12,13)(H,14,15)(H,16,17)/t7-/m1/s1. The Bertz CT molecular complexity index is 471. The van der Waals surface area contributed by atoms with Crippen molar-refractivity contribution in [3.63, 3.8) is 0 Å². The summed E-state index contributed by atoms with van der Waals surface area (Å²) < 4.78 is 0. The van der Waals surface area contributed by atoms with E-state index < -0.39 is 30.3 Å². The Labute approximate surface area is 106 Å². The van der Waals surface area contributed by atoms with E-state index in [0.717, 1.165) is 5.01 Å². The molecule has 3 N–H and O–H groups in total. The van der Waals surface area contributed by atoms with E-state index >= 15 is 0 Å². The van der Waals surface area contributed by atoms with Gasteiger partial charge in [-0.25, -0.2) is 9.78 Å². The van der Waals surface area contributed by atoms with Crippen molar-refractivity contribution >= 4 is 29.2 Å². The first-order valence-electron chi connectivity index (χ1n) is 5.03. The number of carboxylic acids is 2. The average molecular weight is 272 g/mol. The molecule has 0 fully saturated rings. The maximum atomic E-state index is 11.5. The van der Waals surface area contributed by atoms with Crippen molar-refractivity contribution in [3.8, 4) is 0 Å². The van der Waals surface area contributed by atoms with Gasteiger partial charge in [0.1, 0.15) is 6.04 Å². The summed E-state index contributed by atoms with van der Waals surface area (Å²) in [4.78, 5) is 36.7. The molecule has 0 bridgehead atoms. The number of aryl methyl sites for hydroxylation is 1. The molecular weight excluding hydrogens is 260 g/mol. The van der Waals surface area contributed by atoms with Gasteiger partial charge in [0.2, 0.25) is 5.91 Å². The number of aliphatic carboxylic acids is 2. The average Bonchev–Trinajstić information content (AvgIpc) is 2.62. The largest absolute Gasteiger partial charge is 0.481 e. The Morgan fingerprint density at radius 1 is 1.44 bits per heavy atom. The SMILES string of the molecule is Cc1nc(CC(=O)N[C@H](CC(=O)O)C(=O)O)cs1. The summed E-state index contributed by atoms with van der Waals surface area (Å²) in [6.45, 7) is 1.79. The van der Waals surface area contributed by atoms with Crippen molar-refractivity contribution < 1.29 is 24.6 Å². The van der Waals surface area contributed by atoms with E-state index in [-0.39, 0.29) is 6.42 Å². The van der Waals surface area contributed by atoms with E-state index in [4.69, 9.17) is 10.2 Å². The summed E-state index contributed by atoms with van der Waals surface area (Å²) in [5.74, 6) is -3.22. The molecule has 98 valence electrons. The van der Waals surface area contributed by atoms with E-state index in [0.29, 0.717) is 5.69 Å². The molecule has 7 nitrogen and oxygen atoms in total. The molecule has 1 aromatic heterocycles. The normalized spacial score (nSPS) is 11.8. The van der Waals surface area contributed by atoms with E-state index in [9.17, 15) is 14.4 Å². The first-order valence-corrected chi connectivity index (χ1v) is 5.91. The summed E-state index contributed by atoms with van der Waals surface area (Å²) in [7, 11) is 0. The van der Waals surface area contributed by atoms with Crippen LogP contribution in [0.15, 0.2) is 5.38 Å². The Morgan fingerprint density at radius 2 is 2.11 bits per heavy atom. The van der Waals surface area contributed by atoms with E-state index in [1.807, 2.05) is 0 Å². The molecule has 8 heteroatoms. The van der Waals surface area contributed by atoms with Crippen LogP contribution in [0.4, 0.5) is 0 Å². The van der Waals surface area contributed by atoms with Gasteiger partial charge in [-0.2, -0.15) is 0 Å². The number of amides is 1. The second-order valence-corrected chi connectivity index (χ2v) is 4.65. The maximum Gasteiger partial charge on any atom is 0.326 e. The number of carboxylic acid groups (broad SMARTS) is 2. The van der Waals surface area contributed by atoms with Crippen LogP contribution in [0.3, 0.4) is 0 Å². The summed E-state index contributed by atoms with van der Waals surface area (Å²) in [6, 6.07) is -1.42. The zero-order chi connectivity index (χ0) is 13.7. The monoisotopic (exact) mass is 272 g/mol. The third-order valence-corrected chi connectivity index (χ3v) is 2.84. The zero-order valence-corrected chi connectivity index (χ0v) is 10.4. The molecule has 1 rings (SSSR count). The lowest BCUT2D eigenvalue weighted by Crippen LogP contribution is -2.42. The summed E-state index contributed by atoms with van der Waals surface area (Å²) >= 11 is 1.38. The van der Waals surface area contributed by atoms with Gasteiger partial charge in [0.15, 0.2) is 0 Å². The van der Waals surface area contributed by atoms with Crippen LogP contribution in [-0.4, -0.2) is 39.1 Å². The fourth-order valence-corrected chi connectivity index (χ4v) is 1.89. The molecule has 1 atom stereocenters. The van der Waals surface area contributed by atoms with Crippen LogP contribution in [0.25, 0.3) is 0 Å². The van der Waals surface area contributed by atoms with Crippen molar-refractivity contribution in [3.05, 3.63) is 16.1 Å². The Morgan fingerprint density at radius 3 is 2.56 bits per heavy atom. The highest BCUT2D eigenvalue weighted by atomic mass is 32.1. The van der Waals surface area contributed by atoms with Crippen molar-refractivity contribution in [2.24, 2.45) is 0 Å². The molecule has 1 amide bonds. The minimum Gasteiger partial charge on any atom is -0.481 e. The molecule has 0 aliphatic rings. The third kappa shape index (κ3) is 4.50. The molecule has 0 saturated carbocycles. The van der Waals surface area contributed by atoms with Crippen molar-refractivity contribution in [1.29, 1.82) is 0 Å². The van der Waals surface area contributed by atoms with E-state index in [1.165, 1.54) is 11.3 Å². The van der Waals surface area contributed by atoms with Crippen molar-refractivity contribution in [2.45, 2.75) is 25.8 Å². The third-order valence-electron chi connectivity index (χ3n) is 2.02. The quantitative estimate of drug-likeness (QED) is 0.673. The highest BCUT2D eigenvalue weighted by Crippen LogP contribution is 2.08. The van der Waals surface area contributed by atoms with Crippen molar-refractivity contribution in [2.75, 3.05) is 0 Å². The second kappa shape index (κ2) is 6.10. The van der Waals surface area contributed by atoms with Crippen LogP contribution in [-0.2, 0) is 20.8 Å². The van der Waals surface area contributed by atoms with Crippen molar-refractivity contribution in [1.82, 2.24) is 10.3 Å². The molecule has 1 aromatic rings. The molecule has 0 spiro atoms. The molecule has 0 saturated heterocycles. The minimum absolute atomic E-state index is 0.0618. The van der Waals surface area contributed by atoms with Crippen LogP contribution in [0.1, 0.15) is 17.1 Å². The predicted molar refractivity (Wildman–Crippen MR) is 62.4 cm³/mol. The number of thiazole rings is 1. The molecule has 0 unspecified atom stereocenters. The topological polar surface area (TPSA) is 117 Å². The highest BCUT2D eigenvalue weighted by molar-refractivity contribution is 7.09. The number of carbonyl (C=O) groups is 3. The summed E-state index contributed by atoms with van der Waals surface area (Å²) in [6.07, 6.45) is -0.717. The number of hydrogen-bond acceptors (Lipinski definition) is 5. The maximum absolute atomic E-state index is 11.5. The first-order chi connectivity index (χ1) is 8.38. The molecule has 0 aliphatic heterocycles. The predicted octanol–water partition coefficient (Wildman–Crippen LogP) is 0.0381. The molecule has 1 heterocycles. The highest BCUT2D eigenvalue weighted by Gasteiger charge is 2.23. The molecule has 0 aliphatic carbocycles. The van der Waals surface area contributed by atoms with Gasteiger partial charge in [0, 0.05) is 5.38 Å². The molecule has 18 heavy (non-hydrogen) atoms. The number of aromatic nitrogens is 1. The Kier molecular flexibility index (Phi) is 4.78. The molecular formula is C10H12N2O5S. The molecule has 0 aromatic carbocycles. The smallest absolute Gasteiger partial charge is 0.326 e. The van der Waals surface area contributed by atoms with Gasteiger partial charge in [0.25, 0.3) is 0 Å². The minimum atomic E-state index is -1.42. The van der Waals surface area contributed by atoms with Gasteiger partial charge in [-0.15, -0.1) is 11.3 Å². The van der Waals surface area contributed by atoms with Gasteiger partial charge < -0.3 is 15.5 Å². The zero-order valence-electron chi connectivity index (χ0n) is 9.54. The van der Waals surface area contributed by atoms with Crippen LogP contribution < -0.4 is 5.32 Å². The van der Waals surface area contributed by atoms with Gasteiger partial charge in [-0.3, -0.25) is 9.59 Å². The van der Waals surface area contributed by atoms with Gasteiger partial charge in [-0.05, 0) is 6.92 Å². The summed E-state index contributed by atoms with van der Waals surface area (Å²) in [5.41, 5.74) is 0.537. The number of rotatable bonds is 6. The summed E-state index contributed by atoms with van der Waals surface area (Å²) in [5, 5.41) is 21.9. The van der Waals surface area contributed by atoms with Crippen LogP contribution in [0.5, 0.6) is 0 Å². The number of nitrogens with one attached hydrogen (secondary N) is 1. The molecule has 0 radical (unpaired) electrons. The first kappa shape index (κ1) is 14.1. The van der Waals surface area contributed by atoms with Crippen LogP contribution in [0, 0.1) is 6.92 Å². The second-order valence-electron chi connectivity index (χ2n) is 3.59. The lowest BCUT2D eigenvalue weighted by atomic mass is 10.2. The lowest BCUT2D eigenvalue weighted by molar-refractivity contribution is -0.147. The number of hydrogen-bond donors (Lipinski definition) is 3.